The Kier molecular flexibility index (Phi) is 23.5. The van der Waals surface area contributed by atoms with Gasteiger partial charge in [-0.3, -0.25) is 28.9 Å². The fourth-order valence-corrected chi connectivity index (χ4v) is 8.18. The minimum atomic E-state index is -4.59. The third-order valence-corrected chi connectivity index (χ3v) is 11.9. The summed E-state index contributed by atoms with van der Waals surface area (Å²) in [5.41, 5.74) is 6.08. The van der Waals surface area contributed by atoms with Crippen LogP contribution in [0.2, 0.25) is 0 Å². The molecule has 0 saturated heterocycles. The molecule has 0 aliphatic carbocycles. The van der Waals surface area contributed by atoms with Crippen molar-refractivity contribution in [3.8, 4) is 33.9 Å². The molecule has 67 heavy (non-hydrogen) atoms. The Labute approximate surface area is 412 Å². The topological polar surface area (TPSA) is 206 Å². The SMILES string of the molecule is Cc1ccnc(-c2cc(C(=O)NC(CS(=O)(=O)O)C(=O)NCCCCC(=O)NCCSSc3ccccn3)ccn2)c1.[Ir].[c-]1ccccc1-c1ccccn1.[c-]1ccccc1-c1ccccn1. The van der Waals surface area contributed by atoms with Crippen molar-refractivity contribution in [1.82, 2.24) is 40.9 Å². The summed E-state index contributed by atoms with van der Waals surface area (Å²) in [5, 5.41) is 8.67. The van der Waals surface area contributed by atoms with Gasteiger partial charge in [-0.2, -0.15) is 8.42 Å². The number of nitrogens with zero attached hydrogens (tertiary/aromatic N) is 5. The Morgan fingerprint density at radius 1 is 0.657 bits per heavy atom. The van der Waals surface area contributed by atoms with Crippen molar-refractivity contribution in [2.75, 3.05) is 24.6 Å². The molecule has 1 atom stereocenters. The van der Waals surface area contributed by atoms with E-state index >= 15 is 0 Å². The Morgan fingerprint density at radius 2 is 1.24 bits per heavy atom. The van der Waals surface area contributed by atoms with Crippen LogP contribution in [0.1, 0.15) is 35.2 Å². The first-order valence-electron chi connectivity index (χ1n) is 20.7. The van der Waals surface area contributed by atoms with E-state index in [2.05, 4.69) is 53.0 Å². The van der Waals surface area contributed by atoms with Crippen LogP contribution >= 0.6 is 21.6 Å². The summed E-state index contributed by atoms with van der Waals surface area (Å²) in [6.45, 7) is 2.55. The summed E-state index contributed by atoms with van der Waals surface area (Å²) in [6, 6.07) is 44.3. The maximum atomic E-state index is 12.9. The maximum absolute atomic E-state index is 12.9. The molecule has 0 spiro atoms. The number of aryl methyl sites for hydroxylation is 1. The van der Waals surface area contributed by atoms with Crippen LogP contribution in [0.15, 0.2) is 163 Å². The van der Waals surface area contributed by atoms with Crippen molar-refractivity contribution < 1.29 is 47.5 Å². The van der Waals surface area contributed by atoms with E-state index in [9.17, 15) is 27.4 Å². The van der Waals surface area contributed by atoms with Crippen molar-refractivity contribution in [2.24, 2.45) is 0 Å². The van der Waals surface area contributed by atoms with Gasteiger partial charge in [-0.25, -0.2) is 4.98 Å². The van der Waals surface area contributed by atoms with Crippen LogP contribution in [-0.2, 0) is 39.8 Å². The van der Waals surface area contributed by atoms with Gasteiger partial charge in [-0.05, 0) is 96.0 Å². The second-order valence-corrected chi connectivity index (χ2v) is 18.0. The van der Waals surface area contributed by atoms with Gasteiger partial charge in [0.05, 0.1) is 11.4 Å². The van der Waals surface area contributed by atoms with Crippen molar-refractivity contribution in [1.29, 1.82) is 0 Å². The van der Waals surface area contributed by atoms with Crippen LogP contribution in [0.25, 0.3) is 33.9 Å². The van der Waals surface area contributed by atoms with Gasteiger partial charge in [0.2, 0.25) is 11.8 Å². The monoisotopic (exact) mass is 1130 g/mol. The number of hydrogen-bond donors (Lipinski definition) is 4. The molecule has 0 saturated carbocycles. The summed E-state index contributed by atoms with van der Waals surface area (Å²) in [4.78, 5) is 58.7. The first kappa shape index (κ1) is 53.5. The Hall–Kier alpha value is -6.14. The number of nitrogens with one attached hydrogen (secondary N) is 3. The molecule has 0 bridgehead atoms. The zero-order chi connectivity index (χ0) is 46.8. The van der Waals surface area contributed by atoms with Gasteiger partial charge in [0, 0.05) is 81.9 Å². The fourth-order valence-electron chi connectivity index (χ4n) is 5.74. The number of hydrogen-bond acceptors (Lipinski definition) is 12. The van der Waals surface area contributed by atoms with Crippen molar-refractivity contribution in [3.05, 3.63) is 182 Å². The molecular formula is C49H48IrN8O6S3-2. The van der Waals surface area contributed by atoms with Crippen LogP contribution in [0.5, 0.6) is 0 Å². The number of pyridine rings is 5. The molecule has 0 aliphatic rings. The number of carbonyl (C=O) groups is 3. The molecule has 5 heterocycles. The first-order chi connectivity index (χ1) is 32.0. The molecule has 1 radical (unpaired) electrons. The van der Waals surface area contributed by atoms with E-state index in [1.807, 2.05) is 116 Å². The van der Waals surface area contributed by atoms with E-state index in [1.54, 1.807) is 41.6 Å². The number of amides is 3. The largest absolute Gasteiger partial charge is 0.355 e. The van der Waals surface area contributed by atoms with E-state index in [1.165, 1.54) is 29.1 Å². The third-order valence-electron chi connectivity index (χ3n) is 8.92. The normalized spacial score (nSPS) is 10.9. The van der Waals surface area contributed by atoms with E-state index in [0.29, 0.717) is 36.5 Å². The smallest absolute Gasteiger partial charge is 0.267 e. The number of rotatable bonds is 18. The molecule has 0 fully saturated rings. The van der Waals surface area contributed by atoms with Crippen LogP contribution in [0.4, 0.5) is 0 Å². The molecule has 7 aromatic rings. The summed E-state index contributed by atoms with van der Waals surface area (Å²) in [5.74, 6) is -1.89. The molecule has 4 N–H and O–H groups in total. The Morgan fingerprint density at radius 3 is 1.79 bits per heavy atom. The predicted molar refractivity (Wildman–Crippen MR) is 259 cm³/mol. The number of benzene rings is 2. The molecule has 2 aromatic carbocycles. The summed E-state index contributed by atoms with van der Waals surface area (Å²) in [6.07, 6.45) is 9.52. The maximum Gasteiger partial charge on any atom is 0.267 e. The van der Waals surface area contributed by atoms with Crippen LogP contribution in [0, 0.1) is 19.1 Å². The zero-order valence-electron chi connectivity index (χ0n) is 36.3. The molecular weight excluding hydrogens is 1090 g/mol. The molecule has 18 heteroatoms. The molecule has 7 rings (SSSR count). The average Bonchev–Trinajstić information content (AvgIpc) is 3.35. The van der Waals surface area contributed by atoms with E-state index in [-0.39, 0.29) is 44.5 Å². The Bertz CT molecular complexity index is 2510. The number of unbranched alkanes of at least 4 members (excludes halogenated alkanes) is 1. The minimum Gasteiger partial charge on any atom is -0.355 e. The average molecular weight is 1130 g/mol. The molecule has 1 unspecified atom stereocenters. The fraction of sp³-hybridized carbons (Fsp3) is 0.184. The number of carbonyl (C=O) groups excluding carboxylic acids is 3. The second-order valence-electron chi connectivity index (χ2n) is 14.1. The van der Waals surface area contributed by atoms with Gasteiger partial charge < -0.3 is 25.9 Å². The summed E-state index contributed by atoms with van der Waals surface area (Å²) in [7, 11) is -1.46. The van der Waals surface area contributed by atoms with Crippen LogP contribution in [0.3, 0.4) is 0 Å². The molecule has 3 amide bonds. The predicted octanol–water partition coefficient (Wildman–Crippen LogP) is 7.77. The van der Waals surface area contributed by atoms with Gasteiger partial charge in [-0.1, -0.05) is 41.1 Å². The zero-order valence-corrected chi connectivity index (χ0v) is 41.2. The van der Waals surface area contributed by atoms with Crippen LogP contribution < -0.4 is 16.0 Å². The second kappa shape index (κ2) is 29.5. The van der Waals surface area contributed by atoms with E-state index < -0.39 is 33.7 Å². The van der Waals surface area contributed by atoms with E-state index in [0.717, 1.165) is 33.1 Å². The first-order valence-corrected chi connectivity index (χ1v) is 24.6. The van der Waals surface area contributed by atoms with Gasteiger partial charge in [0.15, 0.2) is 0 Å². The van der Waals surface area contributed by atoms with Crippen LogP contribution in [-0.4, -0.2) is 86.2 Å². The quantitative estimate of drug-likeness (QED) is 0.0281. The van der Waals surface area contributed by atoms with Gasteiger partial charge in [0.25, 0.3) is 16.0 Å². The summed E-state index contributed by atoms with van der Waals surface area (Å²) >= 11 is 0. The van der Waals surface area contributed by atoms with Crippen molar-refractivity contribution >= 4 is 49.4 Å². The minimum absolute atomic E-state index is 0. The molecule has 349 valence electrons. The standard InChI is InChI=1S/C27H32N6O6S3.2C11H8N.Ir/c1-19-8-12-28-21(16-19)22-17-20(9-13-29-22)26(35)33-23(18-42(37,38)39)27(36)32-11-4-2-6-24(34)30-14-15-40-41-25-7-3-5-10-31-25;2*1-2-6-10(7-3-1)11-8-4-5-9-12-11;/h3,5,7-10,12-13,16-17,23H,2,4,6,11,14-15,18H2,1H3,(H,30,34)(H,32,36)(H,33,35)(H,37,38,39);2*1-6,8-9H;/q;2*-1;. The van der Waals surface area contributed by atoms with Crippen molar-refractivity contribution in [2.45, 2.75) is 37.3 Å². The van der Waals surface area contributed by atoms with E-state index in [4.69, 9.17) is 0 Å². The third kappa shape index (κ3) is 20.5. The Balaban J connectivity index is 0.000000313. The molecule has 5 aromatic heterocycles. The van der Waals surface area contributed by atoms with Gasteiger partial charge in [0.1, 0.15) is 16.8 Å². The number of aromatic nitrogens is 5. The molecule has 0 aliphatic heterocycles. The molecule has 14 nitrogen and oxygen atoms in total. The van der Waals surface area contributed by atoms with Gasteiger partial charge >= 0.3 is 0 Å². The van der Waals surface area contributed by atoms with Crippen molar-refractivity contribution in [3.63, 3.8) is 0 Å². The van der Waals surface area contributed by atoms with Gasteiger partial charge in [-0.15, -0.1) is 71.8 Å². The summed E-state index contributed by atoms with van der Waals surface area (Å²) < 4.78 is 32.4.